The molecule has 2 aromatic rings. The molecule has 134 valence electrons. The molecule has 0 saturated carbocycles. The standard InChI is InChI=1S/C17H19ClN2O4S/c1-24-16-5-3-2-4-13(16)12-19-17(21)10-11-20-25(22,23)15-8-6-14(18)7-9-15/h2-9,20H,10-12H2,1H3,(H,19,21). The predicted octanol–water partition coefficient (Wildman–Crippen LogP) is 2.33. The number of methoxy groups -OCH3 is 1. The molecule has 0 bridgehead atoms. The van der Waals surface area contributed by atoms with Crippen molar-refractivity contribution in [1.29, 1.82) is 0 Å². The van der Waals surface area contributed by atoms with Crippen molar-refractivity contribution in [2.24, 2.45) is 0 Å². The van der Waals surface area contributed by atoms with Crippen LogP contribution in [0.4, 0.5) is 0 Å². The zero-order valence-electron chi connectivity index (χ0n) is 13.7. The first kappa shape index (κ1) is 19.2. The van der Waals surface area contributed by atoms with Gasteiger partial charge in [0, 0.05) is 30.1 Å². The van der Waals surface area contributed by atoms with Crippen molar-refractivity contribution in [3.63, 3.8) is 0 Å². The molecule has 6 nitrogen and oxygen atoms in total. The monoisotopic (exact) mass is 382 g/mol. The van der Waals surface area contributed by atoms with Crippen LogP contribution in [0, 0.1) is 0 Å². The van der Waals surface area contributed by atoms with Gasteiger partial charge in [0.2, 0.25) is 15.9 Å². The molecule has 0 heterocycles. The van der Waals surface area contributed by atoms with Crippen LogP contribution >= 0.6 is 11.6 Å². The van der Waals surface area contributed by atoms with Gasteiger partial charge in [0.15, 0.2) is 0 Å². The molecule has 0 radical (unpaired) electrons. The average Bonchev–Trinajstić information content (AvgIpc) is 2.60. The van der Waals surface area contributed by atoms with Crippen LogP contribution in [-0.4, -0.2) is 28.0 Å². The van der Waals surface area contributed by atoms with Crippen LogP contribution in [0.5, 0.6) is 5.75 Å². The fourth-order valence-electron chi connectivity index (χ4n) is 2.13. The molecule has 2 rings (SSSR count). The number of rotatable bonds is 8. The van der Waals surface area contributed by atoms with E-state index >= 15 is 0 Å². The predicted molar refractivity (Wildman–Crippen MR) is 96.1 cm³/mol. The van der Waals surface area contributed by atoms with Gasteiger partial charge in [-0.1, -0.05) is 29.8 Å². The molecule has 0 aliphatic carbocycles. The Kier molecular flexibility index (Phi) is 6.81. The van der Waals surface area contributed by atoms with Gasteiger partial charge in [-0.15, -0.1) is 0 Å². The second-order valence-electron chi connectivity index (χ2n) is 5.19. The summed E-state index contributed by atoms with van der Waals surface area (Å²) >= 11 is 5.74. The van der Waals surface area contributed by atoms with E-state index in [1.165, 1.54) is 24.3 Å². The van der Waals surface area contributed by atoms with E-state index < -0.39 is 10.0 Å². The second kappa shape index (κ2) is 8.84. The summed E-state index contributed by atoms with van der Waals surface area (Å²) in [5.74, 6) is 0.427. The molecule has 1 amide bonds. The van der Waals surface area contributed by atoms with Crippen molar-refractivity contribution >= 4 is 27.5 Å². The fraction of sp³-hybridized carbons (Fsp3) is 0.235. The van der Waals surface area contributed by atoms with Gasteiger partial charge in [-0.3, -0.25) is 4.79 Å². The Hall–Kier alpha value is -2.09. The molecule has 0 aromatic heterocycles. The summed E-state index contributed by atoms with van der Waals surface area (Å²) in [6.07, 6.45) is 0.0297. The normalized spacial score (nSPS) is 11.1. The summed E-state index contributed by atoms with van der Waals surface area (Å²) in [7, 11) is -2.10. The first-order valence-electron chi connectivity index (χ1n) is 7.56. The maximum absolute atomic E-state index is 12.1. The molecule has 0 fully saturated rings. The highest BCUT2D eigenvalue weighted by molar-refractivity contribution is 7.89. The van der Waals surface area contributed by atoms with E-state index in [4.69, 9.17) is 16.3 Å². The molecule has 0 aliphatic heterocycles. The fourth-order valence-corrected chi connectivity index (χ4v) is 3.29. The van der Waals surface area contributed by atoms with Gasteiger partial charge in [-0.05, 0) is 30.3 Å². The lowest BCUT2D eigenvalue weighted by atomic mass is 10.2. The summed E-state index contributed by atoms with van der Waals surface area (Å²) in [5, 5.41) is 3.19. The van der Waals surface area contributed by atoms with E-state index in [1.807, 2.05) is 24.3 Å². The molecule has 8 heteroatoms. The number of sulfonamides is 1. The van der Waals surface area contributed by atoms with Crippen molar-refractivity contribution in [3.05, 3.63) is 59.1 Å². The second-order valence-corrected chi connectivity index (χ2v) is 7.39. The minimum absolute atomic E-state index is 0.00270. The van der Waals surface area contributed by atoms with Crippen LogP contribution in [0.3, 0.4) is 0 Å². The smallest absolute Gasteiger partial charge is 0.240 e. The van der Waals surface area contributed by atoms with E-state index in [0.29, 0.717) is 17.3 Å². The molecule has 0 spiro atoms. The molecule has 0 atom stereocenters. The number of carbonyl (C=O) groups excluding carboxylic acids is 1. The maximum Gasteiger partial charge on any atom is 0.240 e. The van der Waals surface area contributed by atoms with Gasteiger partial charge in [-0.25, -0.2) is 13.1 Å². The zero-order valence-corrected chi connectivity index (χ0v) is 15.2. The van der Waals surface area contributed by atoms with Crippen molar-refractivity contribution in [1.82, 2.24) is 10.0 Å². The van der Waals surface area contributed by atoms with E-state index in [2.05, 4.69) is 10.0 Å². The number of hydrogen-bond donors (Lipinski definition) is 2. The number of para-hydroxylation sites is 1. The highest BCUT2D eigenvalue weighted by Gasteiger charge is 2.14. The summed E-state index contributed by atoms with van der Waals surface area (Å²) in [6.45, 7) is 0.315. The average molecular weight is 383 g/mol. The third kappa shape index (κ3) is 5.74. The molecule has 0 aliphatic rings. The molecular formula is C17H19ClN2O4S. The number of hydrogen-bond acceptors (Lipinski definition) is 4. The Morgan fingerprint density at radius 1 is 1.12 bits per heavy atom. The first-order chi connectivity index (χ1) is 11.9. The topological polar surface area (TPSA) is 84.5 Å². The highest BCUT2D eigenvalue weighted by atomic mass is 35.5. The number of ether oxygens (including phenoxy) is 1. The maximum atomic E-state index is 12.1. The minimum Gasteiger partial charge on any atom is -0.496 e. The molecule has 2 aromatic carbocycles. The molecule has 0 unspecified atom stereocenters. The Labute approximate surface area is 152 Å². The van der Waals surface area contributed by atoms with E-state index in [9.17, 15) is 13.2 Å². The first-order valence-corrected chi connectivity index (χ1v) is 9.42. The number of nitrogens with one attached hydrogen (secondary N) is 2. The number of amides is 1. The summed E-state index contributed by atoms with van der Waals surface area (Å²) in [5.41, 5.74) is 0.847. The summed E-state index contributed by atoms with van der Waals surface area (Å²) in [4.78, 5) is 12.0. The van der Waals surface area contributed by atoms with Crippen LogP contribution in [0.15, 0.2) is 53.4 Å². The van der Waals surface area contributed by atoms with Gasteiger partial charge in [-0.2, -0.15) is 0 Å². The van der Waals surface area contributed by atoms with Gasteiger partial charge >= 0.3 is 0 Å². The highest BCUT2D eigenvalue weighted by Crippen LogP contribution is 2.16. The molecule has 2 N–H and O–H groups in total. The quantitative estimate of drug-likeness (QED) is 0.733. The van der Waals surface area contributed by atoms with Crippen LogP contribution in [-0.2, 0) is 21.4 Å². The lowest BCUT2D eigenvalue weighted by Gasteiger charge is -2.10. The van der Waals surface area contributed by atoms with Gasteiger partial charge in [0.1, 0.15) is 5.75 Å². The van der Waals surface area contributed by atoms with Crippen molar-refractivity contribution < 1.29 is 17.9 Å². The van der Waals surface area contributed by atoms with Crippen molar-refractivity contribution in [2.75, 3.05) is 13.7 Å². The van der Waals surface area contributed by atoms with Gasteiger partial charge < -0.3 is 10.1 Å². The Morgan fingerprint density at radius 2 is 1.80 bits per heavy atom. The molecule has 0 saturated heterocycles. The van der Waals surface area contributed by atoms with Crippen LogP contribution < -0.4 is 14.8 Å². The SMILES string of the molecule is COc1ccccc1CNC(=O)CCNS(=O)(=O)c1ccc(Cl)cc1. The summed E-state index contributed by atoms with van der Waals surface area (Å²) in [6, 6.07) is 13.2. The molecular weight excluding hydrogens is 364 g/mol. The lowest BCUT2D eigenvalue weighted by Crippen LogP contribution is -2.30. The van der Waals surface area contributed by atoms with Gasteiger partial charge in [0.25, 0.3) is 0 Å². The zero-order chi connectivity index (χ0) is 18.3. The third-order valence-corrected chi connectivity index (χ3v) is 5.17. The molecule has 25 heavy (non-hydrogen) atoms. The van der Waals surface area contributed by atoms with Crippen LogP contribution in [0.2, 0.25) is 5.02 Å². The Morgan fingerprint density at radius 3 is 2.48 bits per heavy atom. The largest absolute Gasteiger partial charge is 0.496 e. The summed E-state index contributed by atoms with van der Waals surface area (Å²) < 4.78 is 31.8. The van der Waals surface area contributed by atoms with Gasteiger partial charge in [0.05, 0.1) is 12.0 Å². The number of benzene rings is 2. The minimum atomic E-state index is -3.66. The van der Waals surface area contributed by atoms with Crippen LogP contribution in [0.1, 0.15) is 12.0 Å². The van der Waals surface area contributed by atoms with Crippen molar-refractivity contribution in [2.45, 2.75) is 17.9 Å². The van der Waals surface area contributed by atoms with Crippen molar-refractivity contribution in [3.8, 4) is 5.75 Å². The lowest BCUT2D eigenvalue weighted by molar-refractivity contribution is -0.121. The van der Waals surface area contributed by atoms with E-state index in [-0.39, 0.29) is 23.8 Å². The number of halogens is 1. The van der Waals surface area contributed by atoms with E-state index in [0.717, 1.165) is 5.56 Å². The Bertz CT molecular complexity index is 823. The number of carbonyl (C=O) groups is 1. The van der Waals surface area contributed by atoms with Crippen LogP contribution in [0.25, 0.3) is 0 Å². The van der Waals surface area contributed by atoms with E-state index in [1.54, 1.807) is 7.11 Å². The third-order valence-electron chi connectivity index (χ3n) is 3.44. The Balaban J connectivity index is 1.81.